The Balaban J connectivity index is 1.62. The normalized spacial score (nSPS) is 10.8. The molecule has 124 valence electrons. The van der Waals surface area contributed by atoms with Crippen LogP contribution >= 0.6 is 11.3 Å². The van der Waals surface area contributed by atoms with E-state index in [1.165, 1.54) is 11.3 Å². The van der Waals surface area contributed by atoms with Gasteiger partial charge in [-0.25, -0.2) is 15.0 Å². The zero-order valence-electron chi connectivity index (χ0n) is 13.7. The van der Waals surface area contributed by atoms with Crippen LogP contribution < -0.4 is 5.32 Å². The van der Waals surface area contributed by atoms with Gasteiger partial charge in [-0.1, -0.05) is 13.0 Å². The van der Waals surface area contributed by atoms with E-state index in [1.807, 2.05) is 29.8 Å². The van der Waals surface area contributed by atoms with Crippen LogP contribution in [-0.2, 0) is 13.0 Å². The van der Waals surface area contributed by atoms with Gasteiger partial charge >= 0.3 is 0 Å². The van der Waals surface area contributed by atoms with Gasteiger partial charge in [0.2, 0.25) is 0 Å². The van der Waals surface area contributed by atoms with Crippen LogP contribution in [0.4, 0.5) is 0 Å². The van der Waals surface area contributed by atoms with Crippen LogP contribution in [0.3, 0.4) is 0 Å². The van der Waals surface area contributed by atoms with Crippen molar-refractivity contribution in [3.63, 3.8) is 0 Å². The summed E-state index contributed by atoms with van der Waals surface area (Å²) in [7, 11) is 0. The Morgan fingerprint density at radius 1 is 1.38 bits per heavy atom. The maximum absolute atomic E-state index is 12.3. The van der Waals surface area contributed by atoms with E-state index >= 15 is 0 Å². The van der Waals surface area contributed by atoms with Gasteiger partial charge in [-0.3, -0.25) is 9.36 Å². The lowest BCUT2D eigenvalue weighted by Crippen LogP contribution is -2.22. The second-order valence-corrected chi connectivity index (χ2v) is 6.53. The molecule has 0 aromatic carbocycles. The fourth-order valence-electron chi connectivity index (χ4n) is 2.32. The van der Waals surface area contributed by atoms with Crippen molar-refractivity contribution in [1.82, 2.24) is 24.8 Å². The predicted molar refractivity (Wildman–Crippen MR) is 93.4 cm³/mol. The summed E-state index contributed by atoms with van der Waals surface area (Å²) in [5.41, 5.74) is 1.75. The number of nitrogens with one attached hydrogen (secondary N) is 1. The van der Waals surface area contributed by atoms with Gasteiger partial charge in [0.15, 0.2) is 0 Å². The number of rotatable bonds is 6. The average Bonchev–Trinajstić information content (AvgIpc) is 3.23. The highest BCUT2D eigenvalue weighted by molar-refractivity contribution is 7.13. The third kappa shape index (κ3) is 3.68. The Morgan fingerprint density at radius 3 is 2.92 bits per heavy atom. The molecule has 0 atom stereocenters. The van der Waals surface area contributed by atoms with Crippen LogP contribution in [-0.4, -0.2) is 25.4 Å². The number of imidazole rings is 1. The Morgan fingerprint density at radius 2 is 2.25 bits per heavy atom. The smallest absolute Gasteiger partial charge is 0.263 e. The number of thiazole rings is 1. The zero-order valence-corrected chi connectivity index (χ0v) is 14.5. The van der Waals surface area contributed by atoms with E-state index in [-0.39, 0.29) is 5.91 Å². The third-order valence-electron chi connectivity index (χ3n) is 3.54. The van der Waals surface area contributed by atoms with Crippen molar-refractivity contribution in [3.8, 4) is 5.82 Å². The van der Waals surface area contributed by atoms with Crippen LogP contribution in [0.15, 0.2) is 37.1 Å². The molecule has 6 nitrogen and oxygen atoms in total. The van der Waals surface area contributed by atoms with Crippen LogP contribution in [0.5, 0.6) is 0 Å². The van der Waals surface area contributed by atoms with E-state index in [0.29, 0.717) is 11.4 Å². The van der Waals surface area contributed by atoms with Gasteiger partial charge in [-0.05, 0) is 31.4 Å². The Bertz CT molecular complexity index is 808. The summed E-state index contributed by atoms with van der Waals surface area (Å²) >= 11 is 1.48. The molecule has 3 aromatic rings. The minimum absolute atomic E-state index is 0.0777. The second-order valence-electron chi connectivity index (χ2n) is 5.45. The van der Waals surface area contributed by atoms with Crippen LogP contribution in [0.2, 0.25) is 0 Å². The van der Waals surface area contributed by atoms with Crippen molar-refractivity contribution in [3.05, 3.63) is 58.2 Å². The number of hydrogen-bond donors (Lipinski definition) is 1. The number of pyridine rings is 1. The summed E-state index contributed by atoms with van der Waals surface area (Å²) in [4.78, 5) is 25.9. The van der Waals surface area contributed by atoms with Crippen molar-refractivity contribution in [2.45, 2.75) is 33.2 Å². The fourth-order valence-corrected chi connectivity index (χ4v) is 3.40. The number of carbonyl (C=O) groups excluding carboxylic acids is 1. The van der Waals surface area contributed by atoms with Crippen molar-refractivity contribution in [2.75, 3.05) is 0 Å². The topological polar surface area (TPSA) is 72.7 Å². The summed E-state index contributed by atoms with van der Waals surface area (Å²) in [6, 6.07) is 3.85. The van der Waals surface area contributed by atoms with Crippen molar-refractivity contribution >= 4 is 17.2 Å². The molecule has 3 heterocycles. The molecule has 0 unspecified atom stereocenters. The monoisotopic (exact) mass is 341 g/mol. The van der Waals surface area contributed by atoms with E-state index in [4.69, 9.17) is 0 Å². The molecule has 0 aliphatic heterocycles. The summed E-state index contributed by atoms with van der Waals surface area (Å²) in [5, 5.41) is 3.96. The number of aromatic nitrogens is 4. The average molecular weight is 341 g/mol. The van der Waals surface area contributed by atoms with Crippen LogP contribution in [0, 0.1) is 6.92 Å². The first-order valence-electron chi connectivity index (χ1n) is 7.85. The van der Waals surface area contributed by atoms with Crippen molar-refractivity contribution in [1.29, 1.82) is 0 Å². The van der Waals surface area contributed by atoms with Crippen molar-refractivity contribution in [2.24, 2.45) is 0 Å². The third-order valence-corrected chi connectivity index (χ3v) is 4.76. The van der Waals surface area contributed by atoms with E-state index < -0.39 is 0 Å². The molecule has 0 spiro atoms. The minimum atomic E-state index is -0.0777. The van der Waals surface area contributed by atoms with Crippen LogP contribution in [0.1, 0.15) is 39.3 Å². The van der Waals surface area contributed by atoms with E-state index in [9.17, 15) is 4.79 Å². The first kappa shape index (κ1) is 16.3. The number of carbonyl (C=O) groups is 1. The summed E-state index contributed by atoms with van der Waals surface area (Å²) < 4.78 is 1.83. The van der Waals surface area contributed by atoms with Gasteiger partial charge in [0.05, 0.1) is 10.7 Å². The number of aryl methyl sites for hydroxylation is 2. The molecule has 3 aromatic heterocycles. The molecule has 0 bridgehead atoms. The fraction of sp³-hybridized carbons (Fsp3) is 0.294. The molecule has 0 aliphatic rings. The molecular weight excluding hydrogens is 322 g/mol. The lowest BCUT2D eigenvalue weighted by Gasteiger charge is -2.06. The Kier molecular flexibility index (Phi) is 5.00. The molecular formula is C17H19N5OS. The van der Waals surface area contributed by atoms with E-state index in [2.05, 4.69) is 27.2 Å². The van der Waals surface area contributed by atoms with Gasteiger partial charge in [0.25, 0.3) is 5.91 Å². The minimum Gasteiger partial charge on any atom is -0.347 e. The first-order chi connectivity index (χ1) is 11.7. The molecule has 0 radical (unpaired) electrons. The van der Waals surface area contributed by atoms with Crippen molar-refractivity contribution < 1.29 is 4.79 Å². The number of amides is 1. The molecule has 0 aliphatic carbocycles. The molecule has 1 amide bonds. The molecule has 3 rings (SSSR count). The van der Waals surface area contributed by atoms with E-state index in [1.54, 1.807) is 18.7 Å². The largest absolute Gasteiger partial charge is 0.347 e. The molecule has 7 heteroatoms. The Hall–Kier alpha value is -2.54. The maximum atomic E-state index is 12.3. The Labute approximate surface area is 144 Å². The summed E-state index contributed by atoms with van der Waals surface area (Å²) in [6.07, 6.45) is 8.95. The lowest BCUT2D eigenvalue weighted by molar-refractivity contribution is 0.0954. The molecule has 0 saturated heterocycles. The highest BCUT2D eigenvalue weighted by atomic mass is 32.1. The molecule has 24 heavy (non-hydrogen) atoms. The SMILES string of the molecule is CCCc1nc(C)c(C(=O)NCc2ccc(-n3ccnc3)nc2)s1. The number of nitrogens with zero attached hydrogens (tertiary/aromatic N) is 4. The van der Waals surface area contributed by atoms with Crippen LogP contribution in [0.25, 0.3) is 5.82 Å². The van der Waals surface area contributed by atoms with E-state index in [0.717, 1.165) is 34.9 Å². The lowest BCUT2D eigenvalue weighted by atomic mass is 10.2. The summed E-state index contributed by atoms with van der Waals surface area (Å²) in [6.45, 7) is 4.43. The van der Waals surface area contributed by atoms with Gasteiger partial charge in [-0.2, -0.15) is 0 Å². The quantitative estimate of drug-likeness (QED) is 0.748. The van der Waals surface area contributed by atoms with Gasteiger partial charge in [0.1, 0.15) is 17.0 Å². The molecule has 0 fully saturated rings. The highest BCUT2D eigenvalue weighted by Crippen LogP contribution is 2.19. The summed E-state index contributed by atoms with van der Waals surface area (Å²) in [5.74, 6) is 0.719. The molecule has 0 saturated carbocycles. The van der Waals surface area contributed by atoms with Gasteiger partial charge in [-0.15, -0.1) is 11.3 Å². The predicted octanol–water partition coefficient (Wildman–Crippen LogP) is 2.91. The maximum Gasteiger partial charge on any atom is 0.263 e. The van der Waals surface area contributed by atoms with Gasteiger partial charge in [0, 0.05) is 25.1 Å². The zero-order chi connectivity index (χ0) is 16.9. The highest BCUT2D eigenvalue weighted by Gasteiger charge is 2.14. The standard InChI is InChI=1S/C17H19N5OS/c1-3-4-15-21-12(2)16(24-15)17(23)20-10-13-5-6-14(19-9-13)22-8-7-18-11-22/h5-9,11H,3-4,10H2,1-2H3,(H,20,23). The van der Waals surface area contributed by atoms with Gasteiger partial charge < -0.3 is 5.32 Å². The first-order valence-corrected chi connectivity index (χ1v) is 8.66. The molecule has 1 N–H and O–H groups in total. The second kappa shape index (κ2) is 7.35. The number of hydrogen-bond acceptors (Lipinski definition) is 5.